The molecule has 0 bridgehead atoms. The Kier molecular flexibility index (Phi) is 8.43. The van der Waals surface area contributed by atoms with Gasteiger partial charge < -0.3 is 10.2 Å². The van der Waals surface area contributed by atoms with Gasteiger partial charge >= 0.3 is 0 Å². The molecule has 2 unspecified atom stereocenters. The highest BCUT2D eigenvalue weighted by Gasteiger charge is 2.26. The second-order valence-electron chi connectivity index (χ2n) is 8.45. The molecule has 3 aromatic carbocycles. The number of carbonyl (C=O) groups excluding carboxylic acids is 2. The van der Waals surface area contributed by atoms with Crippen molar-refractivity contribution < 1.29 is 9.59 Å². The third-order valence-electron chi connectivity index (χ3n) is 6.14. The van der Waals surface area contributed by atoms with E-state index in [9.17, 15) is 9.59 Å². The van der Waals surface area contributed by atoms with Gasteiger partial charge in [-0.15, -0.1) is 0 Å². The number of hydrogen-bond donors (Lipinski definition) is 1. The number of rotatable bonds is 10. The number of fused-ring (bicyclic) bond motifs is 1. The van der Waals surface area contributed by atoms with E-state index in [2.05, 4.69) is 41.7 Å². The number of hydrogen-bond acceptors (Lipinski definition) is 2. The molecule has 0 aliphatic heterocycles. The van der Waals surface area contributed by atoms with Gasteiger partial charge in [0.1, 0.15) is 6.04 Å². The van der Waals surface area contributed by atoms with Crippen molar-refractivity contribution in [3.05, 3.63) is 83.9 Å². The maximum absolute atomic E-state index is 13.3. The average Bonchev–Trinajstić information content (AvgIpc) is 2.83. The van der Waals surface area contributed by atoms with Gasteiger partial charge in [-0.25, -0.2) is 0 Å². The third-order valence-corrected chi connectivity index (χ3v) is 6.14. The minimum Gasteiger partial charge on any atom is -0.352 e. The zero-order chi connectivity index (χ0) is 22.9. The highest BCUT2D eigenvalue weighted by molar-refractivity contribution is 5.89. The molecule has 0 saturated heterocycles. The zero-order valence-electron chi connectivity index (χ0n) is 19.4. The molecule has 0 heterocycles. The Morgan fingerprint density at radius 1 is 0.875 bits per heavy atom. The maximum Gasteiger partial charge on any atom is 0.242 e. The molecule has 0 spiro atoms. The first-order valence-corrected chi connectivity index (χ1v) is 11.6. The van der Waals surface area contributed by atoms with Crippen molar-refractivity contribution >= 4 is 22.6 Å². The summed E-state index contributed by atoms with van der Waals surface area (Å²) in [4.78, 5) is 27.9. The van der Waals surface area contributed by atoms with Gasteiger partial charge in [0.15, 0.2) is 0 Å². The summed E-state index contributed by atoms with van der Waals surface area (Å²) in [6, 6.07) is 24.2. The monoisotopic (exact) mass is 430 g/mol. The van der Waals surface area contributed by atoms with Gasteiger partial charge in [0.05, 0.1) is 0 Å². The first-order valence-electron chi connectivity index (χ1n) is 11.6. The van der Waals surface area contributed by atoms with Crippen LogP contribution >= 0.6 is 0 Å². The Hall–Kier alpha value is -3.14. The number of nitrogens with one attached hydrogen (secondary N) is 1. The fourth-order valence-corrected chi connectivity index (χ4v) is 3.93. The minimum absolute atomic E-state index is 0.0145. The van der Waals surface area contributed by atoms with Crippen LogP contribution in [0.15, 0.2) is 72.8 Å². The molecule has 3 aromatic rings. The summed E-state index contributed by atoms with van der Waals surface area (Å²) in [5.74, 6) is -0.0772. The lowest BCUT2D eigenvalue weighted by atomic mass is 10.0. The molecule has 32 heavy (non-hydrogen) atoms. The molecular formula is C28H34N2O2. The van der Waals surface area contributed by atoms with Crippen LogP contribution in [0.1, 0.15) is 44.7 Å². The van der Waals surface area contributed by atoms with E-state index in [1.807, 2.05) is 57.2 Å². The van der Waals surface area contributed by atoms with Crippen LogP contribution in [0.3, 0.4) is 0 Å². The summed E-state index contributed by atoms with van der Waals surface area (Å²) in [5, 5.41) is 5.39. The van der Waals surface area contributed by atoms with E-state index in [1.165, 1.54) is 10.8 Å². The Bertz CT molecular complexity index is 1030. The van der Waals surface area contributed by atoms with Gasteiger partial charge in [0.25, 0.3) is 0 Å². The number of aryl methyl sites for hydroxylation is 1. The van der Waals surface area contributed by atoms with Gasteiger partial charge in [-0.3, -0.25) is 9.59 Å². The third kappa shape index (κ3) is 6.19. The van der Waals surface area contributed by atoms with Crippen LogP contribution in [0.5, 0.6) is 0 Å². The van der Waals surface area contributed by atoms with Crippen LogP contribution in [0.25, 0.3) is 10.8 Å². The Morgan fingerprint density at radius 3 is 2.31 bits per heavy atom. The number of amides is 2. The number of benzene rings is 3. The van der Waals surface area contributed by atoms with Crippen molar-refractivity contribution in [3.8, 4) is 0 Å². The number of nitrogens with zero attached hydrogens (tertiary/aromatic N) is 1. The van der Waals surface area contributed by atoms with Crippen LogP contribution in [0.2, 0.25) is 0 Å². The average molecular weight is 431 g/mol. The van der Waals surface area contributed by atoms with Gasteiger partial charge in [-0.1, -0.05) is 79.7 Å². The molecule has 0 aromatic heterocycles. The summed E-state index contributed by atoms with van der Waals surface area (Å²) in [6.07, 6.45) is 2.62. The van der Waals surface area contributed by atoms with E-state index < -0.39 is 6.04 Å². The standard InChI is InChI=1S/C28H34N2O2/c1-4-21(2)29-28(32)22(3)30(20-19-23-11-6-5-7-12-23)27(31)18-17-25-15-10-14-24-13-8-9-16-26(24)25/h5-16,21-22H,4,17-20H2,1-3H3,(H,29,32). The Morgan fingerprint density at radius 2 is 1.56 bits per heavy atom. The molecular weight excluding hydrogens is 396 g/mol. The van der Waals surface area contributed by atoms with Crippen molar-refractivity contribution in [2.75, 3.05) is 6.54 Å². The summed E-state index contributed by atoms with van der Waals surface area (Å²) < 4.78 is 0. The predicted molar refractivity (Wildman–Crippen MR) is 131 cm³/mol. The van der Waals surface area contributed by atoms with E-state index in [-0.39, 0.29) is 17.9 Å². The van der Waals surface area contributed by atoms with E-state index in [4.69, 9.17) is 0 Å². The summed E-state index contributed by atoms with van der Waals surface area (Å²) >= 11 is 0. The van der Waals surface area contributed by atoms with E-state index in [1.54, 1.807) is 4.90 Å². The summed E-state index contributed by atoms with van der Waals surface area (Å²) in [5.41, 5.74) is 2.32. The van der Waals surface area contributed by atoms with Gasteiger partial charge in [-0.2, -0.15) is 0 Å². The molecule has 168 valence electrons. The normalized spacial score (nSPS) is 12.8. The molecule has 1 N–H and O–H groups in total. The topological polar surface area (TPSA) is 49.4 Å². The molecule has 2 atom stereocenters. The quantitative estimate of drug-likeness (QED) is 0.484. The van der Waals surface area contributed by atoms with E-state index in [0.29, 0.717) is 19.4 Å². The lowest BCUT2D eigenvalue weighted by molar-refractivity contribution is -0.140. The Balaban J connectivity index is 1.73. The van der Waals surface area contributed by atoms with Crippen LogP contribution in [-0.4, -0.2) is 35.3 Å². The van der Waals surface area contributed by atoms with Crippen LogP contribution in [-0.2, 0) is 22.4 Å². The van der Waals surface area contributed by atoms with Crippen molar-refractivity contribution in [3.63, 3.8) is 0 Å². The molecule has 4 heteroatoms. The second-order valence-corrected chi connectivity index (χ2v) is 8.45. The second kappa shape index (κ2) is 11.5. The first-order chi connectivity index (χ1) is 15.5. The van der Waals surface area contributed by atoms with Crippen molar-refractivity contribution in [2.45, 2.75) is 58.5 Å². The van der Waals surface area contributed by atoms with Gasteiger partial charge in [0.2, 0.25) is 11.8 Å². The molecule has 0 aliphatic carbocycles. The smallest absolute Gasteiger partial charge is 0.242 e. The van der Waals surface area contributed by atoms with E-state index >= 15 is 0 Å². The van der Waals surface area contributed by atoms with Crippen LogP contribution < -0.4 is 5.32 Å². The van der Waals surface area contributed by atoms with Crippen LogP contribution in [0, 0.1) is 0 Å². The molecule has 0 fully saturated rings. The lowest BCUT2D eigenvalue weighted by Crippen LogP contribution is -2.50. The first kappa shape index (κ1) is 23.5. The van der Waals surface area contributed by atoms with E-state index in [0.717, 1.165) is 24.0 Å². The fraction of sp³-hybridized carbons (Fsp3) is 0.357. The molecule has 0 aliphatic rings. The van der Waals surface area contributed by atoms with Crippen molar-refractivity contribution in [1.82, 2.24) is 10.2 Å². The predicted octanol–water partition coefficient (Wildman–Crippen LogP) is 5.15. The van der Waals surface area contributed by atoms with Crippen molar-refractivity contribution in [1.29, 1.82) is 0 Å². The molecule has 4 nitrogen and oxygen atoms in total. The fourth-order valence-electron chi connectivity index (χ4n) is 3.93. The lowest BCUT2D eigenvalue weighted by Gasteiger charge is -2.30. The summed E-state index contributed by atoms with van der Waals surface area (Å²) in [6.45, 7) is 6.38. The highest BCUT2D eigenvalue weighted by atomic mass is 16.2. The minimum atomic E-state index is -0.507. The molecule has 0 saturated carbocycles. The van der Waals surface area contributed by atoms with Gasteiger partial charge in [-0.05, 0) is 55.0 Å². The number of carbonyl (C=O) groups is 2. The Labute approximate surface area is 191 Å². The molecule has 0 radical (unpaired) electrons. The highest BCUT2D eigenvalue weighted by Crippen LogP contribution is 2.20. The molecule has 2 amide bonds. The maximum atomic E-state index is 13.3. The van der Waals surface area contributed by atoms with Gasteiger partial charge in [0, 0.05) is 19.0 Å². The zero-order valence-corrected chi connectivity index (χ0v) is 19.4. The SMILES string of the molecule is CCC(C)NC(=O)C(C)N(CCc1ccccc1)C(=O)CCc1cccc2ccccc12. The molecule has 3 rings (SSSR count). The largest absolute Gasteiger partial charge is 0.352 e. The van der Waals surface area contributed by atoms with Crippen molar-refractivity contribution in [2.24, 2.45) is 0 Å². The van der Waals surface area contributed by atoms with Crippen LogP contribution in [0.4, 0.5) is 0 Å². The summed E-state index contributed by atoms with van der Waals surface area (Å²) in [7, 11) is 0.